The molecule has 0 unspecified atom stereocenters. The van der Waals surface area contributed by atoms with Crippen LogP contribution in [0.15, 0.2) is 0 Å². The molecule has 1 saturated heterocycles. The summed E-state index contributed by atoms with van der Waals surface area (Å²) in [5, 5.41) is 2.88. The first-order valence-corrected chi connectivity index (χ1v) is 4.72. The van der Waals surface area contributed by atoms with Gasteiger partial charge in [0.25, 0.3) is 0 Å². The van der Waals surface area contributed by atoms with Crippen LogP contribution in [-0.4, -0.2) is 31.3 Å². The first-order chi connectivity index (χ1) is 6.15. The van der Waals surface area contributed by atoms with Crippen LogP contribution in [0.25, 0.3) is 0 Å². The summed E-state index contributed by atoms with van der Waals surface area (Å²) in [4.78, 5) is 11.3. The maximum atomic E-state index is 14.0. The average Bonchev–Trinajstić information content (AvgIpc) is 2.48. The Hall–Kier alpha value is -0.640. The van der Waals surface area contributed by atoms with Crippen molar-refractivity contribution in [3.05, 3.63) is 0 Å². The Morgan fingerprint density at radius 2 is 2.38 bits per heavy atom. The molecule has 0 aromatic carbocycles. The Balaban J connectivity index is 2.67. The van der Waals surface area contributed by atoms with Gasteiger partial charge in [0.1, 0.15) is 0 Å². The van der Waals surface area contributed by atoms with E-state index in [1.54, 1.807) is 6.92 Å². The van der Waals surface area contributed by atoms with Crippen molar-refractivity contribution in [1.82, 2.24) is 5.32 Å². The monoisotopic (exact) mass is 189 g/mol. The number of esters is 1. The van der Waals surface area contributed by atoms with Gasteiger partial charge in [-0.25, -0.2) is 9.18 Å². The van der Waals surface area contributed by atoms with E-state index in [2.05, 4.69) is 5.32 Å². The van der Waals surface area contributed by atoms with Crippen LogP contribution in [0.4, 0.5) is 4.39 Å². The number of carbonyl (C=O) groups excluding carboxylic acids is 1. The van der Waals surface area contributed by atoms with Crippen molar-refractivity contribution in [3.8, 4) is 0 Å². The first-order valence-electron chi connectivity index (χ1n) is 4.72. The molecule has 0 bridgehead atoms. The van der Waals surface area contributed by atoms with Gasteiger partial charge in [-0.3, -0.25) is 0 Å². The molecule has 0 aliphatic carbocycles. The van der Waals surface area contributed by atoms with Gasteiger partial charge in [-0.2, -0.15) is 0 Å². The summed E-state index contributed by atoms with van der Waals surface area (Å²) in [5.41, 5.74) is -1.80. The second-order valence-electron chi connectivity index (χ2n) is 3.32. The van der Waals surface area contributed by atoms with E-state index in [1.165, 1.54) is 0 Å². The van der Waals surface area contributed by atoms with Crippen LogP contribution >= 0.6 is 0 Å². The lowest BCUT2D eigenvalue weighted by atomic mass is 9.90. The zero-order valence-corrected chi connectivity index (χ0v) is 8.10. The molecule has 13 heavy (non-hydrogen) atoms. The molecule has 0 spiro atoms. The molecular weight excluding hydrogens is 173 g/mol. The van der Waals surface area contributed by atoms with Gasteiger partial charge in [0.05, 0.1) is 6.61 Å². The highest BCUT2D eigenvalue weighted by Crippen LogP contribution is 2.30. The van der Waals surface area contributed by atoms with E-state index in [4.69, 9.17) is 4.74 Å². The van der Waals surface area contributed by atoms with E-state index in [9.17, 15) is 9.18 Å². The predicted octanol–water partition coefficient (Wildman–Crippen LogP) is 0.887. The van der Waals surface area contributed by atoms with Crippen LogP contribution in [0.2, 0.25) is 0 Å². The van der Waals surface area contributed by atoms with Crippen LogP contribution in [0, 0.1) is 5.92 Å². The minimum Gasteiger partial charge on any atom is -0.464 e. The zero-order valence-electron chi connectivity index (χ0n) is 8.10. The molecule has 1 aliphatic heterocycles. The molecule has 0 amide bonds. The van der Waals surface area contributed by atoms with Crippen molar-refractivity contribution in [1.29, 1.82) is 0 Å². The number of halogens is 1. The second-order valence-corrected chi connectivity index (χ2v) is 3.32. The molecule has 1 fully saturated rings. The SMILES string of the molecule is CCOC(=O)[C@@]1(F)CNC[C@@H]1CC. The van der Waals surface area contributed by atoms with Gasteiger partial charge in [-0.05, 0) is 13.3 Å². The summed E-state index contributed by atoms with van der Waals surface area (Å²) in [5.74, 6) is -0.960. The van der Waals surface area contributed by atoms with E-state index in [-0.39, 0.29) is 19.1 Å². The number of hydrogen-bond donors (Lipinski definition) is 1. The van der Waals surface area contributed by atoms with Crippen LogP contribution < -0.4 is 5.32 Å². The Morgan fingerprint density at radius 3 is 2.92 bits per heavy atom. The maximum Gasteiger partial charge on any atom is 0.345 e. The molecule has 2 atom stereocenters. The number of rotatable bonds is 3. The summed E-state index contributed by atoms with van der Waals surface area (Å²) in [7, 11) is 0. The van der Waals surface area contributed by atoms with Gasteiger partial charge < -0.3 is 10.1 Å². The third-order valence-electron chi connectivity index (χ3n) is 2.53. The summed E-state index contributed by atoms with van der Waals surface area (Å²) in [6.45, 7) is 4.45. The third-order valence-corrected chi connectivity index (χ3v) is 2.53. The quantitative estimate of drug-likeness (QED) is 0.670. The fourth-order valence-corrected chi connectivity index (χ4v) is 1.69. The number of alkyl halides is 1. The van der Waals surface area contributed by atoms with Crippen molar-refractivity contribution in [2.75, 3.05) is 19.7 Å². The maximum absolute atomic E-state index is 14.0. The molecule has 1 aliphatic rings. The summed E-state index contributed by atoms with van der Waals surface area (Å²) in [6, 6.07) is 0. The lowest BCUT2D eigenvalue weighted by molar-refractivity contribution is -0.158. The highest BCUT2D eigenvalue weighted by atomic mass is 19.1. The molecule has 0 aromatic heterocycles. The number of hydrogen-bond acceptors (Lipinski definition) is 3. The Bertz CT molecular complexity index is 198. The van der Waals surface area contributed by atoms with Gasteiger partial charge in [0, 0.05) is 19.0 Å². The summed E-state index contributed by atoms with van der Waals surface area (Å²) in [6.07, 6.45) is 0.655. The average molecular weight is 189 g/mol. The minimum absolute atomic E-state index is 0.0876. The van der Waals surface area contributed by atoms with Gasteiger partial charge in [0.2, 0.25) is 5.67 Å². The highest BCUT2D eigenvalue weighted by Gasteiger charge is 2.50. The van der Waals surface area contributed by atoms with E-state index in [0.717, 1.165) is 0 Å². The predicted molar refractivity (Wildman–Crippen MR) is 47.1 cm³/mol. The minimum atomic E-state index is -1.80. The smallest absolute Gasteiger partial charge is 0.345 e. The van der Waals surface area contributed by atoms with Gasteiger partial charge in [0.15, 0.2) is 0 Å². The fraction of sp³-hybridized carbons (Fsp3) is 0.889. The van der Waals surface area contributed by atoms with Crippen molar-refractivity contribution in [3.63, 3.8) is 0 Å². The molecule has 1 heterocycles. The fourth-order valence-electron chi connectivity index (χ4n) is 1.69. The Kier molecular flexibility index (Phi) is 3.25. The normalized spacial score (nSPS) is 33.3. The molecule has 76 valence electrons. The van der Waals surface area contributed by atoms with Crippen molar-refractivity contribution in [2.24, 2.45) is 5.92 Å². The first kappa shape index (κ1) is 10.4. The Labute approximate surface area is 77.6 Å². The van der Waals surface area contributed by atoms with Crippen molar-refractivity contribution in [2.45, 2.75) is 25.9 Å². The van der Waals surface area contributed by atoms with Crippen LogP contribution in [-0.2, 0) is 9.53 Å². The second kappa shape index (κ2) is 4.05. The topological polar surface area (TPSA) is 38.3 Å². The molecule has 1 N–H and O–H groups in total. The molecule has 3 nitrogen and oxygen atoms in total. The van der Waals surface area contributed by atoms with Crippen molar-refractivity contribution < 1.29 is 13.9 Å². The molecule has 1 rings (SSSR count). The van der Waals surface area contributed by atoms with Gasteiger partial charge in [-0.15, -0.1) is 0 Å². The largest absolute Gasteiger partial charge is 0.464 e. The van der Waals surface area contributed by atoms with E-state index in [0.29, 0.717) is 13.0 Å². The van der Waals surface area contributed by atoms with E-state index >= 15 is 0 Å². The van der Waals surface area contributed by atoms with Gasteiger partial charge >= 0.3 is 5.97 Å². The summed E-state index contributed by atoms with van der Waals surface area (Å²) < 4.78 is 18.7. The molecule has 0 aromatic rings. The number of ether oxygens (including phenoxy) is 1. The van der Waals surface area contributed by atoms with Crippen molar-refractivity contribution >= 4 is 5.97 Å². The lowest BCUT2D eigenvalue weighted by Crippen LogP contribution is -2.42. The molecule has 4 heteroatoms. The zero-order chi connectivity index (χ0) is 9.90. The number of nitrogens with one attached hydrogen (secondary N) is 1. The van der Waals surface area contributed by atoms with Crippen LogP contribution in [0.3, 0.4) is 0 Å². The van der Waals surface area contributed by atoms with Crippen LogP contribution in [0.5, 0.6) is 0 Å². The third kappa shape index (κ3) is 1.82. The number of carbonyl (C=O) groups is 1. The molecule has 0 saturated carbocycles. The lowest BCUT2D eigenvalue weighted by Gasteiger charge is -2.22. The van der Waals surface area contributed by atoms with Crippen LogP contribution in [0.1, 0.15) is 20.3 Å². The summed E-state index contributed by atoms with van der Waals surface area (Å²) >= 11 is 0. The molecule has 0 radical (unpaired) electrons. The van der Waals surface area contributed by atoms with E-state index < -0.39 is 11.6 Å². The molecular formula is C9H16FNO2. The Morgan fingerprint density at radius 1 is 1.69 bits per heavy atom. The highest BCUT2D eigenvalue weighted by molar-refractivity contribution is 5.80. The standard InChI is InChI=1S/C9H16FNO2/c1-3-7-5-11-6-9(7,10)8(12)13-4-2/h7,11H,3-6H2,1-2H3/t7-,9+/m0/s1. The van der Waals surface area contributed by atoms with Gasteiger partial charge in [-0.1, -0.05) is 6.92 Å². The van der Waals surface area contributed by atoms with E-state index in [1.807, 2.05) is 6.92 Å².